The molecule has 2 saturated carbocycles. The van der Waals surface area contributed by atoms with Gasteiger partial charge in [-0.05, 0) is 79.3 Å². The molecule has 9 rings (SSSR count). The zero-order valence-corrected chi connectivity index (χ0v) is 25.8. The quantitative estimate of drug-likeness (QED) is 0.266. The van der Waals surface area contributed by atoms with E-state index in [1.807, 2.05) is 19.2 Å². The summed E-state index contributed by atoms with van der Waals surface area (Å²) in [6.45, 7) is 4.57. The van der Waals surface area contributed by atoms with Crippen LogP contribution in [0.4, 0.5) is 0 Å². The fraction of sp³-hybridized carbons (Fsp3) is 0.389. The molecule has 2 aromatic carbocycles. The van der Waals surface area contributed by atoms with Crippen molar-refractivity contribution in [3.63, 3.8) is 0 Å². The van der Waals surface area contributed by atoms with Crippen LogP contribution in [0, 0.1) is 17.8 Å². The average Bonchev–Trinajstić information content (AvgIpc) is 3.26. The summed E-state index contributed by atoms with van der Waals surface area (Å²) < 4.78 is 10.4. The van der Waals surface area contributed by atoms with Crippen LogP contribution in [0.3, 0.4) is 0 Å². The molecule has 9 nitrogen and oxygen atoms in total. The van der Waals surface area contributed by atoms with E-state index in [4.69, 9.17) is 9.72 Å². The minimum absolute atomic E-state index is 0.0815. The number of nitrogens with zero attached hydrogens (tertiary/aromatic N) is 5. The number of aromatic nitrogens is 4. The third kappa shape index (κ3) is 4.05. The lowest BCUT2D eigenvalue weighted by atomic mass is 10.0. The van der Waals surface area contributed by atoms with Gasteiger partial charge in [0.1, 0.15) is 17.0 Å². The van der Waals surface area contributed by atoms with E-state index < -0.39 is 0 Å². The summed E-state index contributed by atoms with van der Waals surface area (Å²) >= 11 is 0. The van der Waals surface area contributed by atoms with Gasteiger partial charge in [-0.15, -0.1) is 0 Å². The first-order valence-corrected chi connectivity index (χ1v) is 16.1. The Kier molecular flexibility index (Phi) is 5.74. The minimum atomic E-state index is -0.108. The Morgan fingerprint density at radius 1 is 1.07 bits per heavy atom. The van der Waals surface area contributed by atoms with Crippen LogP contribution < -0.4 is 10.1 Å². The second-order valence-corrected chi connectivity index (χ2v) is 13.5. The molecule has 3 aromatic heterocycles. The predicted molar refractivity (Wildman–Crippen MR) is 172 cm³/mol. The Balaban J connectivity index is 1.15. The summed E-state index contributed by atoms with van der Waals surface area (Å²) in [5.74, 6) is 3.31. The number of fused-ring (bicyclic) bond motifs is 5. The van der Waals surface area contributed by atoms with Crippen LogP contribution in [0.15, 0.2) is 48.7 Å². The normalized spacial score (nSPS) is 22.1. The van der Waals surface area contributed by atoms with Gasteiger partial charge in [-0.3, -0.25) is 14.6 Å². The first-order valence-electron chi connectivity index (χ1n) is 16.1. The summed E-state index contributed by atoms with van der Waals surface area (Å²) in [4.78, 5) is 37.6. The van der Waals surface area contributed by atoms with E-state index >= 15 is 0 Å². The molecule has 0 spiro atoms. The molecule has 4 aliphatic rings. The number of rotatable bonds is 6. The standard InChI is InChI=1S/C36H36N6O3/c1-19-23-8-9-28(19)42(18-23)36(44)24-11-27-33(31(14-24)45-3)40(2)34(39-27)30-13-22-7-6-21(12-29(22)41(30)17-20-4-5-20)25-10-26-16-38-35(43)32(26)37-15-25/h6-7,10-15,19-20,23,28H,4-5,8-9,16-18H2,1-3H3,(H,38,43)/t19-,23?,28?/m1/s1. The van der Waals surface area contributed by atoms with Gasteiger partial charge in [0, 0.05) is 66.5 Å². The monoisotopic (exact) mass is 600 g/mol. The number of amides is 2. The summed E-state index contributed by atoms with van der Waals surface area (Å²) in [5.41, 5.74) is 8.02. The van der Waals surface area contributed by atoms with E-state index in [-0.39, 0.29) is 11.8 Å². The molecule has 2 amide bonds. The predicted octanol–water partition coefficient (Wildman–Crippen LogP) is 5.79. The smallest absolute Gasteiger partial charge is 0.270 e. The molecule has 3 fully saturated rings. The van der Waals surface area contributed by atoms with Crippen molar-refractivity contribution >= 4 is 33.8 Å². The fourth-order valence-corrected chi connectivity index (χ4v) is 8.17. The Bertz CT molecular complexity index is 2070. The van der Waals surface area contributed by atoms with Crippen molar-refractivity contribution in [1.29, 1.82) is 0 Å². The van der Waals surface area contributed by atoms with Crippen LogP contribution in [-0.2, 0) is 20.1 Å². The molecule has 228 valence electrons. The zero-order chi connectivity index (χ0) is 30.6. The lowest BCUT2D eigenvalue weighted by Crippen LogP contribution is -2.38. The van der Waals surface area contributed by atoms with Gasteiger partial charge in [-0.1, -0.05) is 19.1 Å². The fourth-order valence-electron chi connectivity index (χ4n) is 8.17. The highest BCUT2D eigenvalue weighted by Crippen LogP contribution is 2.44. The van der Waals surface area contributed by atoms with E-state index in [1.165, 1.54) is 19.3 Å². The maximum Gasteiger partial charge on any atom is 0.270 e. The van der Waals surface area contributed by atoms with Crippen molar-refractivity contribution in [2.75, 3.05) is 13.7 Å². The van der Waals surface area contributed by atoms with E-state index in [9.17, 15) is 9.59 Å². The van der Waals surface area contributed by atoms with Gasteiger partial charge in [0.05, 0.1) is 18.3 Å². The molecular weight excluding hydrogens is 564 g/mol. The lowest BCUT2D eigenvalue weighted by molar-refractivity contribution is 0.0695. The summed E-state index contributed by atoms with van der Waals surface area (Å²) in [6.07, 6.45) is 6.57. The Labute approximate surface area is 261 Å². The molecule has 2 unspecified atom stereocenters. The number of carbonyl (C=O) groups excluding carboxylic acids is 2. The zero-order valence-electron chi connectivity index (χ0n) is 25.8. The van der Waals surface area contributed by atoms with Gasteiger partial charge < -0.3 is 24.1 Å². The average molecular weight is 601 g/mol. The lowest BCUT2D eigenvalue weighted by Gasteiger charge is -2.27. The Morgan fingerprint density at radius 3 is 2.69 bits per heavy atom. The number of hydrogen-bond acceptors (Lipinski definition) is 5. The number of carbonyl (C=O) groups is 2. The topological polar surface area (TPSA) is 94.3 Å². The third-order valence-corrected chi connectivity index (χ3v) is 10.9. The molecule has 45 heavy (non-hydrogen) atoms. The summed E-state index contributed by atoms with van der Waals surface area (Å²) in [6, 6.07) is 15.0. The summed E-state index contributed by atoms with van der Waals surface area (Å²) in [5, 5.41) is 4.01. The molecule has 2 aliphatic heterocycles. The molecule has 1 N–H and O–H groups in total. The maximum atomic E-state index is 13.8. The number of likely N-dealkylation sites (tertiary alicyclic amines) is 1. The number of aryl methyl sites for hydroxylation is 1. The highest BCUT2D eigenvalue weighted by Gasteiger charge is 2.46. The number of pyridine rings is 1. The van der Waals surface area contributed by atoms with E-state index in [0.717, 1.165) is 69.7 Å². The first kappa shape index (κ1) is 26.7. The first-order chi connectivity index (χ1) is 21.9. The highest BCUT2D eigenvalue weighted by molar-refractivity contribution is 6.01. The molecular formula is C36H36N6O3. The van der Waals surface area contributed by atoms with Crippen LogP contribution in [-0.4, -0.2) is 55.5 Å². The van der Waals surface area contributed by atoms with Crippen LogP contribution >= 0.6 is 0 Å². The molecule has 2 aliphatic carbocycles. The van der Waals surface area contributed by atoms with Crippen LogP contribution in [0.25, 0.3) is 44.6 Å². The van der Waals surface area contributed by atoms with Crippen LogP contribution in [0.2, 0.25) is 0 Å². The number of nitrogens with one attached hydrogen (secondary N) is 1. The van der Waals surface area contributed by atoms with Crippen LogP contribution in [0.1, 0.15) is 59.0 Å². The van der Waals surface area contributed by atoms with Gasteiger partial charge in [-0.25, -0.2) is 4.98 Å². The van der Waals surface area contributed by atoms with Crippen molar-refractivity contribution in [2.45, 2.75) is 51.7 Å². The van der Waals surface area contributed by atoms with E-state index in [1.54, 1.807) is 13.3 Å². The van der Waals surface area contributed by atoms with E-state index in [0.29, 0.717) is 47.3 Å². The molecule has 3 atom stereocenters. The van der Waals surface area contributed by atoms with Crippen molar-refractivity contribution < 1.29 is 14.3 Å². The van der Waals surface area contributed by atoms with E-state index in [2.05, 4.69) is 61.6 Å². The van der Waals surface area contributed by atoms with Gasteiger partial charge >= 0.3 is 0 Å². The molecule has 1 saturated heterocycles. The molecule has 5 aromatic rings. The van der Waals surface area contributed by atoms with Crippen molar-refractivity contribution in [3.8, 4) is 28.4 Å². The van der Waals surface area contributed by atoms with Gasteiger partial charge in [0.25, 0.3) is 11.8 Å². The number of ether oxygens (including phenoxy) is 1. The number of methoxy groups -OCH3 is 1. The van der Waals surface area contributed by atoms with Gasteiger partial charge in [0.2, 0.25) is 0 Å². The number of imidazole rings is 1. The second-order valence-electron chi connectivity index (χ2n) is 13.5. The van der Waals surface area contributed by atoms with Gasteiger partial charge in [-0.2, -0.15) is 0 Å². The number of benzene rings is 2. The van der Waals surface area contributed by atoms with Crippen molar-refractivity contribution in [2.24, 2.45) is 24.8 Å². The molecule has 5 heterocycles. The molecule has 2 bridgehead atoms. The molecule has 9 heteroatoms. The van der Waals surface area contributed by atoms with Crippen molar-refractivity contribution in [3.05, 3.63) is 65.5 Å². The largest absolute Gasteiger partial charge is 0.494 e. The second kappa shape index (κ2) is 9.67. The Hall–Kier alpha value is -4.66. The number of piperidine rings is 1. The minimum Gasteiger partial charge on any atom is -0.494 e. The number of hydrogen-bond donors (Lipinski definition) is 1. The van der Waals surface area contributed by atoms with Crippen LogP contribution in [0.5, 0.6) is 5.75 Å². The summed E-state index contributed by atoms with van der Waals surface area (Å²) in [7, 11) is 3.70. The third-order valence-electron chi connectivity index (χ3n) is 10.9. The van der Waals surface area contributed by atoms with Gasteiger partial charge in [0.15, 0.2) is 5.82 Å². The molecule has 0 radical (unpaired) electrons. The Morgan fingerprint density at radius 2 is 1.93 bits per heavy atom. The SMILES string of the molecule is COc1cc(C(=O)N2CC3CCC2[C@@H]3C)cc2nc(-c3cc4ccc(-c5cnc6c(c5)CNC6=O)cc4n3CC3CC3)n(C)c12. The maximum absolute atomic E-state index is 13.8. The highest BCUT2D eigenvalue weighted by atomic mass is 16.5. The van der Waals surface area contributed by atoms with Crippen molar-refractivity contribution in [1.82, 2.24) is 29.3 Å².